The lowest BCUT2D eigenvalue weighted by molar-refractivity contribution is -0.398. The molecule has 0 rings (SSSR count). The van der Waals surface area contributed by atoms with Gasteiger partial charge in [0.25, 0.3) is 0 Å². The number of hydrogen-bond acceptors (Lipinski definition) is 7. The molecule has 9 N–H and O–H groups in total. The highest BCUT2D eigenvalue weighted by atomic mass is 16.6. The fraction of sp³-hybridized carbons (Fsp3) is 1.00. The van der Waals surface area contributed by atoms with E-state index < -0.39 is 0 Å². The van der Waals surface area contributed by atoms with Crippen molar-refractivity contribution in [3.8, 4) is 0 Å². The molecule has 0 saturated heterocycles. The van der Waals surface area contributed by atoms with Gasteiger partial charge in [0, 0.05) is 11.9 Å². The molecular formula is C12H36N6O2. The van der Waals surface area contributed by atoms with Crippen LogP contribution in [0.15, 0.2) is 0 Å². The van der Waals surface area contributed by atoms with Crippen LogP contribution in [-0.4, -0.2) is 33.7 Å². The molecule has 0 spiro atoms. The van der Waals surface area contributed by atoms with Gasteiger partial charge in [-0.1, -0.05) is 26.2 Å². The maximum absolute atomic E-state index is 8.12. The molecule has 0 unspecified atom stereocenters. The van der Waals surface area contributed by atoms with E-state index in [9.17, 15) is 0 Å². The van der Waals surface area contributed by atoms with Crippen LogP contribution in [0, 0.1) is 10.1 Å². The topological polar surface area (TPSA) is 156 Å². The Morgan fingerprint density at radius 2 is 1.40 bits per heavy atom. The van der Waals surface area contributed by atoms with Crippen molar-refractivity contribution in [3.05, 3.63) is 10.1 Å². The normalized spacial score (nSPS) is 8.10. The second-order valence-corrected chi connectivity index (χ2v) is 3.88. The van der Waals surface area contributed by atoms with Crippen LogP contribution >= 0.6 is 0 Å². The summed E-state index contributed by atoms with van der Waals surface area (Å²) in [6.45, 7) is 4.74. The van der Waals surface area contributed by atoms with E-state index in [2.05, 4.69) is 17.7 Å². The first kappa shape index (κ1) is 27.5. The first-order valence-electron chi connectivity index (χ1n) is 7.07. The highest BCUT2D eigenvalue weighted by Crippen LogP contribution is 1.89. The summed E-state index contributed by atoms with van der Waals surface area (Å²) >= 11 is 0. The molecule has 8 nitrogen and oxygen atoms in total. The fourth-order valence-corrected chi connectivity index (χ4v) is 0.943. The van der Waals surface area contributed by atoms with Gasteiger partial charge in [-0.3, -0.25) is 21.4 Å². The Kier molecular flexibility index (Phi) is 59.1. The quantitative estimate of drug-likeness (QED) is 0.143. The van der Waals surface area contributed by atoms with Crippen molar-refractivity contribution >= 4 is 0 Å². The first-order chi connectivity index (χ1) is 9.66. The zero-order chi connectivity index (χ0) is 16.5. The van der Waals surface area contributed by atoms with Gasteiger partial charge < -0.3 is 16.8 Å². The van der Waals surface area contributed by atoms with Gasteiger partial charge in [0.2, 0.25) is 0 Å². The molecule has 0 aliphatic heterocycles. The summed E-state index contributed by atoms with van der Waals surface area (Å²) in [5, 5.41) is 11.1. The minimum atomic E-state index is 0.250. The van der Waals surface area contributed by atoms with Crippen molar-refractivity contribution in [2.24, 2.45) is 17.3 Å². The van der Waals surface area contributed by atoms with Crippen molar-refractivity contribution in [1.29, 1.82) is 0 Å². The molecule has 0 aromatic carbocycles. The molecule has 0 bridgehead atoms. The van der Waals surface area contributed by atoms with E-state index in [1.807, 2.05) is 14.1 Å². The van der Waals surface area contributed by atoms with Crippen LogP contribution in [-0.2, 0) is 0 Å². The molecular weight excluding hydrogens is 260 g/mol. The highest BCUT2D eigenvalue weighted by molar-refractivity contribution is 4.41. The fourth-order valence-electron chi connectivity index (χ4n) is 0.943. The lowest BCUT2D eigenvalue weighted by Gasteiger charge is -1.93. The largest absolute Gasteiger partial charge is 0.330 e. The summed E-state index contributed by atoms with van der Waals surface area (Å²) in [5.41, 5.74) is 13.1. The Hall–Kier alpha value is -0.800. The molecule has 0 atom stereocenters. The average Bonchev–Trinajstić information content (AvgIpc) is 2.43. The van der Waals surface area contributed by atoms with Crippen molar-refractivity contribution < 1.29 is 5.34 Å². The maximum Gasteiger partial charge on any atom is 0.00974 e. The average molecular weight is 296 g/mol. The zero-order valence-electron chi connectivity index (χ0n) is 13.4. The Balaban J connectivity index is -0.0000000927. The molecule has 0 aromatic rings. The van der Waals surface area contributed by atoms with Gasteiger partial charge in [0.05, 0.1) is 0 Å². The van der Waals surface area contributed by atoms with Crippen molar-refractivity contribution in [1.82, 2.24) is 10.7 Å². The monoisotopic (exact) mass is 296 g/mol. The van der Waals surface area contributed by atoms with Gasteiger partial charge in [-0.15, -0.1) is 0 Å². The van der Waals surface area contributed by atoms with Gasteiger partial charge in [-0.25, -0.2) is 0 Å². The molecule has 0 aliphatic carbocycles. The highest BCUT2D eigenvalue weighted by Gasteiger charge is 1.80. The number of nitrogens with one attached hydrogen (secondary N) is 3. The van der Waals surface area contributed by atoms with Crippen LogP contribution in [0.2, 0.25) is 0 Å². The van der Waals surface area contributed by atoms with Crippen LogP contribution in [0.4, 0.5) is 0 Å². The van der Waals surface area contributed by atoms with E-state index in [0.29, 0.717) is 0 Å². The molecule has 0 saturated carbocycles. The van der Waals surface area contributed by atoms with Crippen LogP contribution in [0.5, 0.6) is 0 Å². The van der Waals surface area contributed by atoms with Crippen molar-refractivity contribution in [2.75, 3.05) is 33.7 Å². The second kappa shape index (κ2) is 42.9. The molecule has 0 radical (unpaired) electrons. The molecule has 0 fully saturated rings. The molecule has 126 valence electrons. The third-order valence-electron chi connectivity index (χ3n) is 1.83. The Morgan fingerprint density at radius 3 is 1.65 bits per heavy atom. The minimum Gasteiger partial charge on any atom is -0.330 e. The van der Waals surface area contributed by atoms with E-state index in [1.165, 1.54) is 25.7 Å². The Morgan fingerprint density at radius 1 is 1.00 bits per heavy atom. The summed E-state index contributed by atoms with van der Waals surface area (Å²) in [6, 6.07) is 0. The van der Waals surface area contributed by atoms with Gasteiger partial charge in [-0.05, 0) is 46.4 Å². The van der Waals surface area contributed by atoms with Gasteiger partial charge in [0.15, 0.2) is 0 Å². The SMILES string of the molecule is CCCCCNN.CNC.NCCCCCN.O=[NH+][O-]. The predicted molar refractivity (Wildman–Crippen MR) is 86.4 cm³/mol. The van der Waals surface area contributed by atoms with Crippen molar-refractivity contribution in [2.45, 2.75) is 45.4 Å². The number of rotatable bonds is 8. The van der Waals surface area contributed by atoms with E-state index >= 15 is 0 Å². The zero-order valence-corrected chi connectivity index (χ0v) is 13.4. The standard InChI is InChI=1S/2C5H14N2.C2H7N.HNO2/c1-2-3-4-5-7-6;6-4-2-1-3-5-7;1-3-2;2-1-3/h7H,2-6H2,1H3;1-7H2;3H,1-2H3;1H. The minimum absolute atomic E-state index is 0.250. The second-order valence-electron chi connectivity index (χ2n) is 3.88. The molecule has 20 heavy (non-hydrogen) atoms. The molecule has 0 aliphatic rings. The Bertz CT molecular complexity index is 113. The van der Waals surface area contributed by atoms with Crippen LogP contribution in [0.25, 0.3) is 0 Å². The number of unbranched alkanes of at least 4 members (excludes halogenated alkanes) is 4. The number of nitrogens with two attached hydrogens (primary N) is 3. The smallest absolute Gasteiger partial charge is 0.00974 e. The van der Waals surface area contributed by atoms with Gasteiger partial charge in [0.1, 0.15) is 0 Å². The van der Waals surface area contributed by atoms with Gasteiger partial charge >= 0.3 is 0 Å². The number of hydrogen-bond donors (Lipinski definition) is 6. The molecule has 0 heterocycles. The van der Waals surface area contributed by atoms with Crippen LogP contribution < -0.4 is 33.4 Å². The molecule has 0 amide bonds. The van der Waals surface area contributed by atoms with E-state index in [1.54, 1.807) is 0 Å². The number of hydrazine groups is 1. The maximum atomic E-state index is 8.12. The summed E-state index contributed by atoms with van der Waals surface area (Å²) in [4.78, 5) is 8.12. The van der Waals surface area contributed by atoms with Crippen molar-refractivity contribution in [3.63, 3.8) is 0 Å². The molecule has 8 heteroatoms. The molecule has 0 aromatic heterocycles. The summed E-state index contributed by atoms with van der Waals surface area (Å²) in [6.07, 6.45) is 7.18. The lowest BCUT2D eigenvalue weighted by Crippen LogP contribution is -2.53. The van der Waals surface area contributed by atoms with E-state index in [-0.39, 0.29) is 5.34 Å². The third-order valence-corrected chi connectivity index (χ3v) is 1.83. The lowest BCUT2D eigenvalue weighted by atomic mass is 10.2. The summed E-state index contributed by atoms with van der Waals surface area (Å²) in [7, 11) is 3.75. The first-order valence-corrected chi connectivity index (χ1v) is 7.07. The summed E-state index contributed by atoms with van der Waals surface area (Å²) in [5.74, 6) is 5.02. The Labute approximate surface area is 123 Å². The van der Waals surface area contributed by atoms with Crippen LogP contribution in [0.1, 0.15) is 45.4 Å². The van der Waals surface area contributed by atoms with Crippen LogP contribution in [0.3, 0.4) is 0 Å². The van der Waals surface area contributed by atoms with E-state index in [4.69, 9.17) is 27.4 Å². The summed E-state index contributed by atoms with van der Waals surface area (Å²) < 4.78 is 0. The van der Waals surface area contributed by atoms with Gasteiger partial charge in [-0.2, -0.15) is 0 Å². The van der Waals surface area contributed by atoms with E-state index in [0.717, 1.165) is 32.5 Å². The third kappa shape index (κ3) is 87.1. The predicted octanol–water partition coefficient (Wildman–Crippen LogP) is -1.12.